The number of hydrogen-bond acceptors (Lipinski definition) is 4. The van der Waals surface area contributed by atoms with Gasteiger partial charge in [-0.25, -0.2) is 0 Å². The van der Waals surface area contributed by atoms with Crippen molar-refractivity contribution in [3.63, 3.8) is 0 Å². The SMILES string of the molecule is Cc1cc(-c2nc(CC(C)C)no2)ccc1O. The Balaban J connectivity index is 2.27. The first kappa shape index (κ1) is 11.6. The maximum Gasteiger partial charge on any atom is 0.257 e. The molecule has 1 N–H and O–H groups in total. The molecule has 0 saturated carbocycles. The summed E-state index contributed by atoms with van der Waals surface area (Å²) >= 11 is 0. The van der Waals surface area contributed by atoms with Crippen LogP contribution in [0.25, 0.3) is 11.5 Å². The second-order valence-corrected chi connectivity index (χ2v) is 4.61. The summed E-state index contributed by atoms with van der Waals surface area (Å²) < 4.78 is 5.20. The summed E-state index contributed by atoms with van der Waals surface area (Å²) in [4.78, 5) is 4.33. The van der Waals surface area contributed by atoms with Crippen molar-refractivity contribution < 1.29 is 9.63 Å². The molecular weight excluding hydrogens is 216 g/mol. The van der Waals surface area contributed by atoms with Gasteiger partial charge in [0.1, 0.15) is 5.75 Å². The number of benzene rings is 1. The standard InChI is InChI=1S/C13H16N2O2/c1-8(2)6-12-14-13(17-15-12)10-4-5-11(16)9(3)7-10/h4-5,7-8,16H,6H2,1-3H3. The molecule has 0 radical (unpaired) electrons. The normalized spacial score (nSPS) is 11.1. The number of aromatic hydroxyl groups is 1. The first-order valence-electron chi connectivity index (χ1n) is 5.69. The molecule has 90 valence electrons. The second kappa shape index (κ2) is 4.57. The minimum absolute atomic E-state index is 0.274. The third-order valence-corrected chi connectivity index (χ3v) is 2.50. The van der Waals surface area contributed by atoms with Crippen molar-refractivity contribution in [2.24, 2.45) is 5.92 Å². The highest BCUT2D eigenvalue weighted by atomic mass is 16.5. The van der Waals surface area contributed by atoms with Gasteiger partial charge in [-0.05, 0) is 36.6 Å². The number of phenolic OH excluding ortho intramolecular Hbond substituents is 1. The van der Waals surface area contributed by atoms with E-state index in [0.717, 1.165) is 23.4 Å². The molecule has 0 saturated heterocycles. The van der Waals surface area contributed by atoms with Gasteiger partial charge in [-0.15, -0.1) is 0 Å². The van der Waals surface area contributed by atoms with E-state index in [0.29, 0.717) is 11.8 Å². The smallest absolute Gasteiger partial charge is 0.257 e. The fourth-order valence-corrected chi connectivity index (χ4v) is 1.61. The summed E-state index contributed by atoms with van der Waals surface area (Å²) in [6.45, 7) is 6.06. The van der Waals surface area contributed by atoms with E-state index < -0.39 is 0 Å². The van der Waals surface area contributed by atoms with Crippen molar-refractivity contribution in [2.45, 2.75) is 27.2 Å². The van der Waals surface area contributed by atoms with Crippen LogP contribution in [0.5, 0.6) is 5.75 Å². The Hall–Kier alpha value is -1.84. The van der Waals surface area contributed by atoms with E-state index in [2.05, 4.69) is 24.0 Å². The molecule has 0 amide bonds. The molecule has 0 spiro atoms. The summed E-state index contributed by atoms with van der Waals surface area (Å²) in [5.74, 6) is 2.00. The van der Waals surface area contributed by atoms with Crippen LogP contribution in [0.15, 0.2) is 22.7 Å². The van der Waals surface area contributed by atoms with Crippen molar-refractivity contribution in [3.05, 3.63) is 29.6 Å². The molecule has 0 aliphatic heterocycles. The molecule has 1 heterocycles. The van der Waals surface area contributed by atoms with E-state index >= 15 is 0 Å². The van der Waals surface area contributed by atoms with Gasteiger partial charge in [0.25, 0.3) is 5.89 Å². The average Bonchev–Trinajstić information content (AvgIpc) is 2.69. The van der Waals surface area contributed by atoms with Crippen LogP contribution in [0, 0.1) is 12.8 Å². The van der Waals surface area contributed by atoms with E-state index in [1.165, 1.54) is 0 Å². The summed E-state index contributed by atoms with van der Waals surface area (Å²) in [6, 6.07) is 5.24. The summed E-state index contributed by atoms with van der Waals surface area (Å²) in [7, 11) is 0. The third-order valence-electron chi connectivity index (χ3n) is 2.50. The molecule has 0 aliphatic rings. The van der Waals surface area contributed by atoms with Crippen LogP contribution in [0.4, 0.5) is 0 Å². The van der Waals surface area contributed by atoms with Gasteiger partial charge >= 0.3 is 0 Å². The molecule has 0 fully saturated rings. The number of aryl methyl sites for hydroxylation is 1. The predicted molar refractivity (Wildman–Crippen MR) is 64.7 cm³/mol. The quantitative estimate of drug-likeness (QED) is 0.883. The molecule has 4 heteroatoms. The van der Waals surface area contributed by atoms with Crippen molar-refractivity contribution in [1.29, 1.82) is 0 Å². The van der Waals surface area contributed by atoms with Crippen LogP contribution in [-0.4, -0.2) is 15.2 Å². The minimum atomic E-state index is 0.274. The molecule has 2 rings (SSSR count). The van der Waals surface area contributed by atoms with Crippen LogP contribution >= 0.6 is 0 Å². The zero-order valence-corrected chi connectivity index (χ0v) is 10.3. The van der Waals surface area contributed by atoms with Crippen molar-refractivity contribution >= 4 is 0 Å². The van der Waals surface area contributed by atoms with Crippen LogP contribution < -0.4 is 0 Å². The zero-order valence-electron chi connectivity index (χ0n) is 10.3. The van der Waals surface area contributed by atoms with Gasteiger partial charge in [0.05, 0.1) is 0 Å². The summed E-state index contributed by atoms with van der Waals surface area (Å²) in [5.41, 5.74) is 1.63. The first-order chi connectivity index (χ1) is 8.06. The highest BCUT2D eigenvalue weighted by Crippen LogP contribution is 2.24. The lowest BCUT2D eigenvalue weighted by atomic mass is 10.1. The molecule has 1 aromatic heterocycles. The number of phenols is 1. The van der Waals surface area contributed by atoms with E-state index in [9.17, 15) is 5.11 Å². The Morgan fingerprint density at radius 2 is 2.12 bits per heavy atom. The number of hydrogen-bond donors (Lipinski definition) is 1. The van der Waals surface area contributed by atoms with Gasteiger partial charge < -0.3 is 9.63 Å². The summed E-state index contributed by atoms with van der Waals surface area (Å²) in [5, 5.41) is 13.4. The van der Waals surface area contributed by atoms with E-state index in [1.54, 1.807) is 12.1 Å². The molecule has 17 heavy (non-hydrogen) atoms. The number of nitrogens with zero attached hydrogens (tertiary/aromatic N) is 2. The number of rotatable bonds is 3. The lowest BCUT2D eigenvalue weighted by molar-refractivity contribution is 0.417. The molecule has 0 atom stereocenters. The fraction of sp³-hybridized carbons (Fsp3) is 0.385. The second-order valence-electron chi connectivity index (χ2n) is 4.61. The van der Waals surface area contributed by atoms with Gasteiger partial charge in [0.2, 0.25) is 0 Å². The summed E-state index contributed by atoms with van der Waals surface area (Å²) in [6.07, 6.45) is 0.806. The third kappa shape index (κ3) is 2.64. The van der Waals surface area contributed by atoms with Gasteiger partial charge in [-0.1, -0.05) is 19.0 Å². The maximum atomic E-state index is 9.45. The van der Waals surface area contributed by atoms with Crippen LogP contribution in [0.1, 0.15) is 25.2 Å². The Kier molecular flexibility index (Phi) is 3.13. The largest absolute Gasteiger partial charge is 0.508 e. The van der Waals surface area contributed by atoms with Gasteiger partial charge in [0, 0.05) is 12.0 Å². The van der Waals surface area contributed by atoms with E-state index in [1.807, 2.05) is 13.0 Å². The topological polar surface area (TPSA) is 59.2 Å². The Morgan fingerprint density at radius 1 is 1.35 bits per heavy atom. The van der Waals surface area contributed by atoms with Crippen molar-refractivity contribution in [1.82, 2.24) is 10.1 Å². The highest BCUT2D eigenvalue weighted by molar-refractivity contribution is 5.56. The molecular formula is C13H16N2O2. The zero-order chi connectivity index (χ0) is 12.4. The van der Waals surface area contributed by atoms with Gasteiger partial charge in [-0.3, -0.25) is 0 Å². The van der Waals surface area contributed by atoms with Crippen molar-refractivity contribution in [3.8, 4) is 17.2 Å². The lowest BCUT2D eigenvalue weighted by Gasteiger charge is -1.99. The van der Waals surface area contributed by atoms with E-state index in [4.69, 9.17) is 4.52 Å². The minimum Gasteiger partial charge on any atom is -0.508 e. The predicted octanol–water partition coefficient (Wildman–Crippen LogP) is 2.95. The Bertz CT molecular complexity index is 518. The van der Waals surface area contributed by atoms with Crippen LogP contribution in [0.3, 0.4) is 0 Å². The Labute approximate surface area is 100 Å². The molecule has 2 aromatic rings. The molecule has 4 nitrogen and oxygen atoms in total. The molecule has 0 bridgehead atoms. The highest BCUT2D eigenvalue weighted by Gasteiger charge is 2.10. The van der Waals surface area contributed by atoms with Gasteiger partial charge in [-0.2, -0.15) is 4.98 Å². The number of aromatic nitrogens is 2. The first-order valence-corrected chi connectivity index (χ1v) is 5.69. The van der Waals surface area contributed by atoms with Gasteiger partial charge in [0.15, 0.2) is 5.82 Å². The lowest BCUT2D eigenvalue weighted by Crippen LogP contribution is -1.95. The monoisotopic (exact) mass is 232 g/mol. The van der Waals surface area contributed by atoms with Crippen LogP contribution in [-0.2, 0) is 6.42 Å². The average molecular weight is 232 g/mol. The molecule has 1 aromatic carbocycles. The van der Waals surface area contributed by atoms with Crippen LogP contribution in [0.2, 0.25) is 0 Å². The molecule has 0 aliphatic carbocycles. The van der Waals surface area contributed by atoms with Crippen molar-refractivity contribution in [2.75, 3.05) is 0 Å². The maximum absolute atomic E-state index is 9.45. The van der Waals surface area contributed by atoms with E-state index in [-0.39, 0.29) is 5.75 Å². The fourth-order valence-electron chi connectivity index (χ4n) is 1.61. The molecule has 0 unspecified atom stereocenters. The Morgan fingerprint density at radius 3 is 2.76 bits per heavy atom.